The van der Waals surface area contributed by atoms with Gasteiger partial charge in [-0.2, -0.15) is 0 Å². The molecule has 0 spiro atoms. The van der Waals surface area contributed by atoms with Crippen molar-refractivity contribution in [2.45, 2.75) is 26.3 Å². The second-order valence-electron chi connectivity index (χ2n) is 7.96. The number of thiazole rings is 1. The van der Waals surface area contributed by atoms with Gasteiger partial charge in [0.1, 0.15) is 10.8 Å². The van der Waals surface area contributed by atoms with Gasteiger partial charge in [-0.05, 0) is 40.8 Å². The van der Waals surface area contributed by atoms with E-state index in [-0.39, 0.29) is 11.7 Å². The van der Waals surface area contributed by atoms with Crippen molar-refractivity contribution in [2.75, 3.05) is 13.1 Å². The minimum atomic E-state index is -0.771. The fraction of sp³-hybridized carbons (Fsp3) is 0.304. The zero-order chi connectivity index (χ0) is 21.4. The molecule has 1 fully saturated rings. The zero-order valence-corrected chi connectivity index (χ0v) is 18.3. The monoisotopic (exact) mass is 444 g/mol. The van der Waals surface area contributed by atoms with Gasteiger partial charge in [0, 0.05) is 36.4 Å². The number of carbonyl (C=O) groups is 1. The number of aliphatic carboxylic acids is 1. The van der Waals surface area contributed by atoms with Gasteiger partial charge in [-0.1, -0.05) is 43.6 Å². The van der Waals surface area contributed by atoms with Gasteiger partial charge in [0.15, 0.2) is 0 Å². The quantitative estimate of drug-likeness (QED) is 0.513. The van der Waals surface area contributed by atoms with Gasteiger partial charge in [0.25, 0.3) is 0 Å². The average Bonchev–Trinajstić information content (AvgIpc) is 3.13. The van der Waals surface area contributed by atoms with Crippen molar-refractivity contribution in [2.24, 2.45) is 5.92 Å². The highest BCUT2D eigenvalue weighted by atomic mass is 35.5. The topological polar surface area (TPSA) is 53.4 Å². The maximum absolute atomic E-state index is 14.8. The Morgan fingerprint density at radius 1 is 1.30 bits per heavy atom. The lowest BCUT2D eigenvalue weighted by Gasteiger charge is -2.36. The maximum Gasteiger partial charge on any atom is 0.309 e. The Hall–Kier alpha value is -2.28. The summed E-state index contributed by atoms with van der Waals surface area (Å²) in [5, 5.41) is 10.3. The summed E-state index contributed by atoms with van der Waals surface area (Å²) in [7, 11) is 0. The molecule has 30 heavy (non-hydrogen) atoms. The molecule has 4 nitrogen and oxygen atoms in total. The Bertz CT molecular complexity index is 1090. The van der Waals surface area contributed by atoms with Crippen LogP contribution in [0.5, 0.6) is 0 Å². The molecule has 1 aromatic heterocycles. The van der Waals surface area contributed by atoms with Crippen molar-refractivity contribution in [3.05, 3.63) is 64.6 Å². The first kappa shape index (κ1) is 21.0. The van der Waals surface area contributed by atoms with E-state index in [9.17, 15) is 9.18 Å². The number of carboxylic acids is 1. The van der Waals surface area contributed by atoms with Gasteiger partial charge in [0.2, 0.25) is 0 Å². The molecule has 2 aromatic carbocycles. The molecule has 0 saturated carbocycles. The molecule has 1 N–H and O–H groups in total. The Morgan fingerprint density at radius 2 is 2.07 bits per heavy atom. The average molecular weight is 445 g/mol. The van der Waals surface area contributed by atoms with Crippen LogP contribution in [0.15, 0.2) is 42.6 Å². The van der Waals surface area contributed by atoms with Crippen molar-refractivity contribution < 1.29 is 14.3 Å². The highest BCUT2D eigenvalue weighted by molar-refractivity contribution is 7.18. The standard InChI is InChI=1S/C23H22ClFN2O2S/c1-13(2)17-6-4-15(8-19(17)24)21-9-26-22(30-21)18-5-3-14(7-20(18)25)10-27-11-16(12-27)23(28)29/h3-9,13,16H,10-12H2,1-2H3,(H,28,29). The molecule has 4 rings (SSSR count). The Balaban J connectivity index is 1.49. The lowest BCUT2D eigenvalue weighted by atomic mass is 9.99. The molecule has 0 amide bonds. The summed E-state index contributed by atoms with van der Waals surface area (Å²) in [6.45, 7) is 5.76. The van der Waals surface area contributed by atoms with Crippen LogP contribution in [0.1, 0.15) is 30.9 Å². The SMILES string of the molecule is CC(C)c1ccc(-c2cnc(-c3ccc(CN4CC(C(=O)O)C4)cc3F)s2)cc1Cl. The molecular weight excluding hydrogens is 423 g/mol. The van der Waals surface area contributed by atoms with Crippen molar-refractivity contribution in [1.29, 1.82) is 0 Å². The van der Waals surface area contributed by atoms with Crippen LogP contribution in [0, 0.1) is 11.7 Å². The largest absolute Gasteiger partial charge is 0.481 e. The Labute approximate surface area is 184 Å². The number of hydrogen-bond acceptors (Lipinski definition) is 4. The van der Waals surface area contributed by atoms with Gasteiger partial charge in [-0.15, -0.1) is 11.3 Å². The third-order valence-electron chi connectivity index (χ3n) is 5.39. The van der Waals surface area contributed by atoms with Crippen LogP contribution in [0.2, 0.25) is 5.02 Å². The van der Waals surface area contributed by atoms with E-state index in [1.165, 1.54) is 17.4 Å². The number of aromatic nitrogens is 1. The van der Waals surface area contributed by atoms with Crippen LogP contribution in [0.3, 0.4) is 0 Å². The van der Waals surface area contributed by atoms with E-state index in [1.54, 1.807) is 12.3 Å². The van der Waals surface area contributed by atoms with E-state index in [0.717, 1.165) is 26.6 Å². The van der Waals surface area contributed by atoms with E-state index in [1.807, 2.05) is 29.2 Å². The summed E-state index contributed by atoms with van der Waals surface area (Å²) in [5.74, 6) is -1.06. The van der Waals surface area contributed by atoms with E-state index in [0.29, 0.717) is 36.1 Å². The molecule has 0 unspecified atom stereocenters. The number of likely N-dealkylation sites (tertiary alicyclic amines) is 1. The van der Waals surface area contributed by atoms with Gasteiger partial charge in [-0.3, -0.25) is 9.69 Å². The summed E-state index contributed by atoms with van der Waals surface area (Å²) in [5.41, 5.74) is 3.36. The zero-order valence-electron chi connectivity index (χ0n) is 16.7. The fourth-order valence-electron chi connectivity index (χ4n) is 3.62. The highest BCUT2D eigenvalue weighted by Gasteiger charge is 2.32. The van der Waals surface area contributed by atoms with E-state index >= 15 is 0 Å². The van der Waals surface area contributed by atoms with Crippen LogP contribution >= 0.6 is 22.9 Å². The number of hydrogen-bond donors (Lipinski definition) is 1. The Morgan fingerprint density at radius 3 is 2.70 bits per heavy atom. The number of halogens is 2. The maximum atomic E-state index is 14.8. The number of rotatable bonds is 6. The minimum absolute atomic E-state index is 0.314. The van der Waals surface area contributed by atoms with Crippen molar-refractivity contribution in [3.63, 3.8) is 0 Å². The molecular formula is C23H22ClFN2O2S. The lowest BCUT2D eigenvalue weighted by molar-refractivity contribution is -0.147. The van der Waals surface area contributed by atoms with Crippen LogP contribution in [-0.4, -0.2) is 34.0 Å². The van der Waals surface area contributed by atoms with Gasteiger partial charge in [0.05, 0.1) is 10.8 Å². The van der Waals surface area contributed by atoms with Crippen LogP contribution in [0.4, 0.5) is 4.39 Å². The van der Waals surface area contributed by atoms with E-state index < -0.39 is 5.97 Å². The third-order valence-corrected chi connectivity index (χ3v) is 6.80. The van der Waals surface area contributed by atoms with Gasteiger partial charge < -0.3 is 5.11 Å². The van der Waals surface area contributed by atoms with Crippen LogP contribution in [0.25, 0.3) is 21.0 Å². The van der Waals surface area contributed by atoms with Crippen LogP contribution < -0.4 is 0 Å². The van der Waals surface area contributed by atoms with Gasteiger partial charge in [-0.25, -0.2) is 9.37 Å². The predicted octanol–water partition coefficient (Wildman–Crippen LogP) is 5.91. The highest BCUT2D eigenvalue weighted by Crippen LogP contribution is 2.36. The first-order valence-corrected chi connectivity index (χ1v) is 11.0. The van der Waals surface area contributed by atoms with Crippen molar-refractivity contribution >= 4 is 28.9 Å². The molecule has 3 aromatic rings. The second kappa shape index (κ2) is 8.46. The number of nitrogens with zero attached hydrogens (tertiary/aromatic N) is 2. The Kier molecular flexibility index (Phi) is 5.91. The fourth-order valence-corrected chi connectivity index (χ4v) is 4.96. The summed E-state index contributed by atoms with van der Waals surface area (Å²) in [6.07, 6.45) is 1.75. The van der Waals surface area contributed by atoms with Crippen molar-refractivity contribution in [1.82, 2.24) is 9.88 Å². The molecule has 2 heterocycles. The molecule has 0 radical (unpaired) electrons. The normalized spacial score (nSPS) is 14.8. The third kappa shape index (κ3) is 4.26. The summed E-state index contributed by atoms with van der Waals surface area (Å²) in [6, 6.07) is 11.1. The molecule has 156 valence electrons. The summed E-state index contributed by atoms with van der Waals surface area (Å²) < 4.78 is 14.8. The van der Waals surface area contributed by atoms with E-state index in [2.05, 4.69) is 18.8 Å². The summed E-state index contributed by atoms with van der Waals surface area (Å²) >= 11 is 7.84. The molecule has 0 atom stereocenters. The smallest absolute Gasteiger partial charge is 0.309 e. The number of benzene rings is 2. The van der Waals surface area contributed by atoms with Crippen LogP contribution in [-0.2, 0) is 11.3 Å². The second-order valence-corrected chi connectivity index (χ2v) is 9.40. The van der Waals surface area contributed by atoms with Crippen molar-refractivity contribution in [3.8, 4) is 21.0 Å². The molecule has 1 aliphatic rings. The van der Waals surface area contributed by atoms with E-state index in [4.69, 9.17) is 16.7 Å². The molecule has 0 aliphatic carbocycles. The first-order valence-electron chi connectivity index (χ1n) is 9.81. The molecule has 1 aliphatic heterocycles. The molecule has 0 bridgehead atoms. The first-order chi connectivity index (χ1) is 14.3. The summed E-state index contributed by atoms with van der Waals surface area (Å²) in [4.78, 5) is 18.3. The lowest BCUT2D eigenvalue weighted by Crippen LogP contribution is -2.49. The van der Waals surface area contributed by atoms with Gasteiger partial charge >= 0.3 is 5.97 Å². The minimum Gasteiger partial charge on any atom is -0.481 e. The molecule has 1 saturated heterocycles. The molecule has 7 heteroatoms. The number of carboxylic acid groups (broad SMARTS) is 1. The predicted molar refractivity (Wildman–Crippen MR) is 118 cm³/mol.